The summed E-state index contributed by atoms with van der Waals surface area (Å²) in [5.41, 5.74) is 1.76. The maximum absolute atomic E-state index is 11.0. The summed E-state index contributed by atoms with van der Waals surface area (Å²) in [5.74, 6) is 0.645. The van der Waals surface area contributed by atoms with Crippen LogP contribution in [0.5, 0.6) is 0 Å². The molecule has 0 aromatic carbocycles. The molecule has 0 N–H and O–H groups in total. The Bertz CT molecular complexity index is 314. The summed E-state index contributed by atoms with van der Waals surface area (Å²) >= 11 is 0. The van der Waals surface area contributed by atoms with E-state index in [0.29, 0.717) is 22.5 Å². The molecule has 2 nitrogen and oxygen atoms in total. The molecular weight excluding hydrogens is 264 g/mol. The van der Waals surface area contributed by atoms with Gasteiger partial charge >= 0.3 is 0 Å². The molecule has 20 heavy (non-hydrogen) atoms. The van der Waals surface area contributed by atoms with Gasteiger partial charge in [-0.15, -0.1) is 6.58 Å². The van der Waals surface area contributed by atoms with Crippen molar-refractivity contribution in [2.75, 3.05) is 0 Å². The summed E-state index contributed by atoms with van der Waals surface area (Å²) in [4.78, 5) is 11.0. The van der Waals surface area contributed by atoms with Gasteiger partial charge in [-0.3, -0.25) is 0 Å². The van der Waals surface area contributed by atoms with Crippen LogP contribution in [0.15, 0.2) is 12.7 Å². The van der Waals surface area contributed by atoms with Gasteiger partial charge in [0.25, 0.3) is 0 Å². The summed E-state index contributed by atoms with van der Waals surface area (Å²) in [7, 11) is -1.86. The molecule has 1 aliphatic rings. The van der Waals surface area contributed by atoms with E-state index in [9.17, 15) is 4.79 Å². The van der Waals surface area contributed by atoms with E-state index in [-0.39, 0.29) is 12.0 Å². The lowest BCUT2D eigenvalue weighted by Gasteiger charge is -2.44. The Kier molecular flexibility index (Phi) is 6.20. The number of hydrogen-bond donors (Lipinski definition) is 0. The number of carbonyl (C=O) groups is 1. The molecule has 0 saturated heterocycles. The Morgan fingerprint density at radius 1 is 1.15 bits per heavy atom. The zero-order valence-electron chi connectivity index (χ0n) is 14.1. The summed E-state index contributed by atoms with van der Waals surface area (Å²) in [6.45, 7) is 17.7. The van der Waals surface area contributed by atoms with Crippen molar-refractivity contribution in [3.05, 3.63) is 12.7 Å². The molecule has 0 aromatic heterocycles. The SMILES string of the molecule is C=CC[C@H](O[Si](C(C)C)(C(C)C)C(C)C)[C@@H]1C[C@H]1C=O. The second-order valence-corrected chi connectivity index (χ2v) is 12.6. The first kappa shape index (κ1) is 17.6. The Balaban J connectivity index is 2.96. The molecule has 0 heterocycles. The van der Waals surface area contributed by atoms with Crippen LogP contribution in [0.4, 0.5) is 0 Å². The van der Waals surface area contributed by atoms with E-state index >= 15 is 0 Å². The molecule has 0 aliphatic heterocycles. The average Bonchev–Trinajstić information content (AvgIpc) is 3.12. The molecule has 0 spiro atoms. The highest BCUT2D eigenvalue weighted by Gasteiger charge is 2.51. The maximum atomic E-state index is 11.0. The molecule has 3 heteroatoms. The Morgan fingerprint density at radius 3 is 1.95 bits per heavy atom. The predicted octanol–water partition coefficient (Wildman–Crippen LogP) is 4.96. The van der Waals surface area contributed by atoms with Crippen LogP contribution in [-0.4, -0.2) is 20.7 Å². The van der Waals surface area contributed by atoms with Crippen LogP contribution in [0.1, 0.15) is 54.4 Å². The molecule has 116 valence electrons. The number of aldehydes is 1. The zero-order chi connectivity index (χ0) is 15.5. The van der Waals surface area contributed by atoms with Crippen molar-refractivity contribution in [1.82, 2.24) is 0 Å². The molecule has 0 amide bonds. The first-order valence-electron chi connectivity index (χ1n) is 8.05. The van der Waals surface area contributed by atoms with E-state index in [2.05, 4.69) is 48.1 Å². The third kappa shape index (κ3) is 3.42. The average molecular weight is 297 g/mol. The lowest BCUT2D eigenvalue weighted by Crippen LogP contribution is -2.50. The monoisotopic (exact) mass is 296 g/mol. The van der Waals surface area contributed by atoms with Crippen molar-refractivity contribution < 1.29 is 9.22 Å². The first-order valence-corrected chi connectivity index (χ1v) is 10.2. The topological polar surface area (TPSA) is 26.3 Å². The molecule has 3 atom stereocenters. The van der Waals surface area contributed by atoms with Crippen LogP contribution in [0, 0.1) is 11.8 Å². The van der Waals surface area contributed by atoms with E-state index in [1.807, 2.05) is 6.08 Å². The molecule has 0 unspecified atom stereocenters. The fraction of sp³-hybridized carbons (Fsp3) is 0.824. The fourth-order valence-corrected chi connectivity index (χ4v) is 9.58. The molecule has 1 saturated carbocycles. The Morgan fingerprint density at radius 2 is 1.65 bits per heavy atom. The molecule has 1 rings (SSSR count). The largest absolute Gasteiger partial charge is 0.413 e. The van der Waals surface area contributed by atoms with Gasteiger partial charge in [0.15, 0.2) is 0 Å². The van der Waals surface area contributed by atoms with E-state index in [0.717, 1.165) is 19.1 Å². The van der Waals surface area contributed by atoms with Crippen molar-refractivity contribution in [2.45, 2.75) is 77.1 Å². The highest BCUT2D eigenvalue weighted by molar-refractivity contribution is 6.77. The van der Waals surface area contributed by atoms with Gasteiger partial charge in [0.1, 0.15) is 6.29 Å². The van der Waals surface area contributed by atoms with E-state index in [4.69, 9.17) is 4.43 Å². The van der Waals surface area contributed by atoms with Gasteiger partial charge in [0.2, 0.25) is 8.32 Å². The minimum Gasteiger partial charge on any atom is -0.413 e. The zero-order valence-corrected chi connectivity index (χ0v) is 15.1. The standard InChI is InChI=1S/C17H32O2Si/c1-8-9-17(16-10-15(16)11-18)19-20(12(2)3,13(4)5)14(6)7/h8,11-17H,1,9-10H2,2-7H3/t15-,16+,17-/m0/s1. The summed E-state index contributed by atoms with van der Waals surface area (Å²) in [5, 5.41) is 0. The van der Waals surface area contributed by atoms with Crippen molar-refractivity contribution >= 4 is 14.6 Å². The number of rotatable bonds is 9. The van der Waals surface area contributed by atoms with Crippen LogP contribution < -0.4 is 0 Å². The van der Waals surface area contributed by atoms with Crippen molar-refractivity contribution in [1.29, 1.82) is 0 Å². The third-order valence-electron chi connectivity index (χ3n) is 5.01. The van der Waals surface area contributed by atoms with Gasteiger partial charge in [0.05, 0.1) is 6.10 Å². The normalized spacial score (nSPS) is 24.2. The van der Waals surface area contributed by atoms with Crippen molar-refractivity contribution in [2.24, 2.45) is 11.8 Å². The molecule has 1 aliphatic carbocycles. The van der Waals surface area contributed by atoms with Gasteiger partial charge in [-0.2, -0.15) is 0 Å². The lowest BCUT2D eigenvalue weighted by molar-refractivity contribution is -0.109. The molecule has 0 aromatic rings. The third-order valence-corrected chi connectivity index (χ3v) is 11.1. The first-order chi connectivity index (χ1) is 9.31. The smallest absolute Gasteiger partial charge is 0.200 e. The molecule has 0 radical (unpaired) electrons. The summed E-state index contributed by atoms with van der Waals surface area (Å²) in [6.07, 6.45) is 5.12. The van der Waals surface area contributed by atoms with Crippen LogP contribution >= 0.6 is 0 Å². The van der Waals surface area contributed by atoms with E-state index < -0.39 is 8.32 Å². The molecule has 0 bridgehead atoms. The highest BCUT2D eigenvalue weighted by Crippen LogP contribution is 2.48. The Labute approximate surface area is 126 Å². The molecule has 1 fully saturated rings. The van der Waals surface area contributed by atoms with Crippen molar-refractivity contribution in [3.63, 3.8) is 0 Å². The van der Waals surface area contributed by atoms with E-state index in [1.165, 1.54) is 0 Å². The second kappa shape index (κ2) is 7.03. The van der Waals surface area contributed by atoms with Crippen molar-refractivity contribution in [3.8, 4) is 0 Å². The van der Waals surface area contributed by atoms with Crippen LogP contribution in [0.3, 0.4) is 0 Å². The van der Waals surface area contributed by atoms with Gasteiger partial charge in [-0.05, 0) is 35.4 Å². The number of hydrogen-bond acceptors (Lipinski definition) is 2. The van der Waals surface area contributed by atoms with Crippen LogP contribution in [0.25, 0.3) is 0 Å². The van der Waals surface area contributed by atoms with Gasteiger partial charge < -0.3 is 9.22 Å². The van der Waals surface area contributed by atoms with Gasteiger partial charge in [-0.25, -0.2) is 0 Å². The Hall–Kier alpha value is -0.413. The second-order valence-electron chi connectivity index (χ2n) is 7.20. The maximum Gasteiger partial charge on any atom is 0.200 e. The minimum absolute atomic E-state index is 0.196. The predicted molar refractivity (Wildman–Crippen MR) is 88.4 cm³/mol. The molecular formula is C17H32O2Si. The summed E-state index contributed by atoms with van der Waals surface area (Å²) in [6, 6.07) is 0. The van der Waals surface area contributed by atoms with E-state index in [1.54, 1.807) is 0 Å². The minimum atomic E-state index is -1.86. The number of carbonyl (C=O) groups excluding carboxylic acids is 1. The lowest BCUT2D eigenvalue weighted by atomic mass is 10.1. The quantitative estimate of drug-likeness (QED) is 0.341. The van der Waals surface area contributed by atoms with Gasteiger partial charge in [0, 0.05) is 5.92 Å². The summed E-state index contributed by atoms with van der Waals surface area (Å²) < 4.78 is 6.83. The fourth-order valence-electron chi connectivity index (χ4n) is 3.96. The van der Waals surface area contributed by atoms with Crippen LogP contribution in [0.2, 0.25) is 16.6 Å². The van der Waals surface area contributed by atoms with Gasteiger partial charge in [-0.1, -0.05) is 47.6 Å². The highest BCUT2D eigenvalue weighted by atomic mass is 28.4. The van der Waals surface area contributed by atoms with Crippen LogP contribution in [-0.2, 0) is 9.22 Å².